The summed E-state index contributed by atoms with van der Waals surface area (Å²) in [4.78, 5) is 45.5. The number of nitrogens with zero attached hydrogens (tertiary/aromatic N) is 1. The minimum atomic E-state index is -1.40. The zero-order valence-corrected chi connectivity index (χ0v) is 21.7. The van der Waals surface area contributed by atoms with Crippen molar-refractivity contribution in [1.29, 1.82) is 0 Å². The molecule has 4 unspecified atom stereocenters. The van der Waals surface area contributed by atoms with Crippen LogP contribution in [0.2, 0.25) is 0 Å². The zero-order valence-electron chi connectivity index (χ0n) is 21.7. The van der Waals surface area contributed by atoms with Crippen molar-refractivity contribution >= 4 is 34.4 Å². The zero-order chi connectivity index (χ0) is 27.6. The normalized spacial score (nSPS) is 24.1. The molecule has 4 aromatic rings. The molecule has 4 atom stereocenters. The van der Waals surface area contributed by atoms with E-state index in [1.807, 2.05) is 72.5 Å². The summed E-state index contributed by atoms with van der Waals surface area (Å²) in [5.41, 5.74) is 3.33. The molecule has 0 aromatic heterocycles. The molecule has 5 nitrogen and oxygen atoms in total. The molecule has 1 spiro atoms. The number of nitrogens with one attached hydrogen (secondary N) is 1. The molecule has 1 N–H and O–H groups in total. The number of hydrogen-bond donors (Lipinski definition) is 1. The Labute approximate surface area is 231 Å². The van der Waals surface area contributed by atoms with Crippen LogP contribution >= 0.6 is 0 Å². The number of ketones is 2. The summed E-state index contributed by atoms with van der Waals surface area (Å²) in [7, 11) is 0. The summed E-state index contributed by atoms with van der Waals surface area (Å²) in [6.45, 7) is 1.99. The van der Waals surface area contributed by atoms with Crippen molar-refractivity contribution in [3.05, 3.63) is 137 Å². The summed E-state index contributed by atoms with van der Waals surface area (Å²) >= 11 is 0. The molecule has 6 heteroatoms. The van der Waals surface area contributed by atoms with Gasteiger partial charge >= 0.3 is 0 Å². The van der Waals surface area contributed by atoms with Crippen LogP contribution in [0.15, 0.2) is 109 Å². The highest BCUT2D eigenvalue weighted by atomic mass is 19.1. The number of rotatable bonds is 4. The Balaban J connectivity index is 1.56. The number of carbonyl (C=O) groups excluding carboxylic acids is 3. The lowest BCUT2D eigenvalue weighted by molar-refractivity contribution is -0.121. The van der Waals surface area contributed by atoms with E-state index in [4.69, 9.17) is 0 Å². The maximum atomic E-state index is 14.7. The molecule has 0 aliphatic carbocycles. The van der Waals surface area contributed by atoms with Gasteiger partial charge in [0.15, 0.2) is 11.6 Å². The fourth-order valence-electron chi connectivity index (χ4n) is 6.95. The van der Waals surface area contributed by atoms with Gasteiger partial charge in [0.05, 0.1) is 12.0 Å². The number of benzene rings is 4. The van der Waals surface area contributed by atoms with Crippen LogP contribution in [0.5, 0.6) is 0 Å². The van der Waals surface area contributed by atoms with E-state index in [-0.39, 0.29) is 23.0 Å². The summed E-state index contributed by atoms with van der Waals surface area (Å²) < 4.78 is 13.9. The van der Waals surface area contributed by atoms with E-state index in [0.29, 0.717) is 16.8 Å². The largest absolute Gasteiger partial charge is 0.352 e. The van der Waals surface area contributed by atoms with Gasteiger partial charge < -0.3 is 10.2 Å². The summed E-state index contributed by atoms with van der Waals surface area (Å²) in [6.07, 6.45) is 2.02. The minimum absolute atomic E-state index is 0.247. The van der Waals surface area contributed by atoms with E-state index in [0.717, 1.165) is 16.8 Å². The standard InChI is InChI=1S/C34H25FN2O3/c1-20-19-28-34(25-12-6-7-13-26(25)36-33(34)40)29(31(38)22-15-17-23(35)18-16-22)30(32(39)21-9-3-2-4-10-21)37(28)27-14-8-5-11-24(20)27/h2-19,28-30H,1H3,(H,36,40). The Hall–Kier alpha value is -4.84. The van der Waals surface area contributed by atoms with Gasteiger partial charge in [0.1, 0.15) is 17.3 Å². The van der Waals surface area contributed by atoms with Gasteiger partial charge in [-0.2, -0.15) is 0 Å². The van der Waals surface area contributed by atoms with Gasteiger partial charge in [0.25, 0.3) is 0 Å². The monoisotopic (exact) mass is 528 g/mol. The van der Waals surface area contributed by atoms with E-state index < -0.39 is 29.2 Å². The number of hydrogen-bond acceptors (Lipinski definition) is 4. The van der Waals surface area contributed by atoms with Gasteiger partial charge in [-0.05, 0) is 54.5 Å². The van der Waals surface area contributed by atoms with Crippen LogP contribution in [0.3, 0.4) is 0 Å². The fraction of sp³-hybridized carbons (Fsp3) is 0.147. The Kier molecular flexibility index (Phi) is 5.36. The first-order chi connectivity index (χ1) is 19.4. The molecule has 0 radical (unpaired) electrons. The smallest absolute Gasteiger partial charge is 0.238 e. The molecule has 196 valence electrons. The molecule has 3 heterocycles. The van der Waals surface area contributed by atoms with Gasteiger partial charge in [-0.15, -0.1) is 0 Å². The van der Waals surface area contributed by atoms with Crippen molar-refractivity contribution in [3.8, 4) is 0 Å². The number of Topliss-reactive ketones (excluding diaryl/α,β-unsaturated/α-hetero) is 2. The van der Waals surface area contributed by atoms with Gasteiger partial charge in [-0.25, -0.2) is 4.39 Å². The number of fused-ring (bicyclic) bond motifs is 6. The third-order valence-electron chi connectivity index (χ3n) is 8.62. The van der Waals surface area contributed by atoms with Crippen LogP contribution in [0.25, 0.3) is 5.57 Å². The second kappa shape index (κ2) is 8.85. The summed E-state index contributed by atoms with van der Waals surface area (Å²) in [6, 6.07) is 27.8. The molecule has 40 heavy (non-hydrogen) atoms. The number of allylic oxidation sites excluding steroid dienone is 1. The van der Waals surface area contributed by atoms with E-state index in [2.05, 4.69) is 5.32 Å². The molecule has 1 fully saturated rings. The van der Waals surface area contributed by atoms with Crippen molar-refractivity contribution in [2.75, 3.05) is 10.2 Å². The number of halogens is 1. The molecule has 3 aliphatic heterocycles. The van der Waals surface area contributed by atoms with Crippen molar-refractivity contribution in [3.63, 3.8) is 0 Å². The molecule has 0 saturated carbocycles. The first-order valence-electron chi connectivity index (χ1n) is 13.3. The topological polar surface area (TPSA) is 66.5 Å². The lowest BCUT2D eigenvalue weighted by Gasteiger charge is -2.39. The Bertz CT molecular complexity index is 1730. The van der Waals surface area contributed by atoms with Crippen LogP contribution in [0.1, 0.15) is 38.8 Å². The molecule has 0 bridgehead atoms. The SMILES string of the molecule is CC1=CC2N(c3ccccc31)C(C(=O)c1ccccc1)C(C(=O)c1ccc(F)cc1)C21C(=O)Nc2ccccc21. The van der Waals surface area contributed by atoms with Crippen molar-refractivity contribution in [1.82, 2.24) is 0 Å². The van der Waals surface area contributed by atoms with Crippen molar-refractivity contribution in [2.24, 2.45) is 5.92 Å². The maximum Gasteiger partial charge on any atom is 0.238 e. The fourth-order valence-corrected chi connectivity index (χ4v) is 6.95. The molecule has 1 amide bonds. The molecule has 4 aromatic carbocycles. The first-order valence-corrected chi connectivity index (χ1v) is 13.3. The van der Waals surface area contributed by atoms with Crippen molar-refractivity contribution in [2.45, 2.75) is 24.4 Å². The Morgan fingerprint density at radius 3 is 2.23 bits per heavy atom. The van der Waals surface area contributed by atoms with E-state index in [1.54, 1.807) is 24.3 Å². The average Bonchev–Trinajstić information content (AvgIpc) is 3.45. The molecule has 1 saturated heterocycles. The second-order valence-electron chi connectivity index (χ2n) is 10.6. The van der Waals surface area contributed by atoms with Gasteiger partial charge in [-0.3, -0.25) is 14.4 Å². The number of anilines is 2. The van der Waals surface area contributed by atoms with Gasteiger partial charge in [0.2, 0.25) is 5.91 Å². The highest BCUT2D eigenvalue weighted by molar-refractivity contribution is 6.18. The van der Waals surface area contributed by atoms with Gasteiger partial charge in [-0.1, -0.05) is 72.8 Å². The Morgan fingerprint density at radius 2 is 1.45 bits per heavy atom. The van der Waals surface area contributed by atoms with E-state index >= 15 is 0 Å². The lowest BCUT2D eigenvalue weighted by atomic mass is 9.64. The highest BCUT2D eigenvalue weighted by Crippen LogP contribution is 2.58. The number of carbonyl (C=O) groups is 3. The molecular formula is C34H25FN2O3. The molecule has 7 rings (SSSR count). The quantitative estimate of drug-likeness (QED) is 0.327. The lowest BCUT2D eigenvalue weighted by Crippen LogP contribution is -2.51. The number of amides is 1. The first kappa shape index (κ1) is 24.2. The second-order valence-corrected chi connectivity index (χ2v) is 10.6. The number of para-hydroxylation sites is 2. The van der Waals surface area contributed by atoms with Gasteiger partial charge in [0, 0.05) is 28.1 Å². The summed E-state index contributed by atoms with van der Waals surface area (Å²) in [5.74, 6) is -2.50. The predicted octanol–water partition coefficient (Wildman–Crippen LogP) is 6.07. The predicted molar refractivity (Wildman–Crippen MR) is 152 cm³/mol. The third-order valence-corrected chi connectivity index (χ3v) is 8.62. The maximum absolute atomic E-state index is 14.7. The van der Waals surface area contributed by atoms with Crippen LogP contribution in [-0.2, 0) is 10.2 Å². The van der Waals surface area contributed by atoms with Crippen LogP contribution in [-0.4, -0.2) is 29.6 Å². The van der Waals surface area contributed by atoms with E-state index in [9.17, 15) is 18.8 Å². The minimum Gasteiger partial charge on any atom is -0.352 e. The molecule has 3 aliphatic rings. The van der Waals surface area contributed by atoms with Crippen LogP contribution in [0.4, 0.5) is 15.8 Å². The highest BCUT2D eigenvalue weighted by Gasteiger charge is 2.70. The molecular weight excluding hydrogens is 503 g/mol. The third kappa shape index (κ3) is 3.22. The van der Waals surface area contributed by atoms with E-state index in [1.165, 1.54) is 24.3 Å². The van der Waals surface area contributed by atoms with Crippen molar-refractivity contribution < 1.29 is 18.8 Å². The summed E-state index contributed by atoms with van der Waals surface area (Å²) in [5, 5.41) is 3.03. The van der Waals surface area contributed by atoms with Crippen LogP contribution in [0, 0.1) is 11.7 Å². The average molecular weight is 529 g/mol. The Morgan fingerprint density at radius 1 is 0.800 bits per heavy atom. The van der Waals surface area contributed by atoms with Crippen LogP contribution < -0.4 is 10.2 Å².